The van der Waals surface area contributed by atoms with Crippen molar-refractivity contribution in [2.24, 2.45) is 10.9 Å². The van der Waals surface area contributed by atoms with E-state index in [4.69, 9.17) is 15.7 Å². The lowest BCUT2D eigenvalue weighted by atomic mass is 10.2. The van der Waals surface area contributed by atoms with E-state index in [0.717, 1.165) is 6.07 Å². The molecule has 1 aromatic carbocycles. The molecule has 0 heterocycles. The summed E-state index contributed by atoms with van der Waals surface area (Å²) in [5.74, 6) is -1.36. The molecular weight excluding hydrogens is 241 g/mol. The van der Waals surface area contributed by atoms with Crippen LogP contribution in [-0.2, 0) is 9.53 Å². The van der Waals surface area contributed by atoms with Crippen LogP contribution in [-0.4, -0.2) is 30.2 Å². The van der Waals surface area contributed by atoms with Gasteiger partial charge in [-0.2, -0.15) is 0 Å². The van der Waals surface area contributed by atoms with Crippen LogP contribution in [0.25, 0.3) is 0 Å². The van der Waals surface area contributed by atoms with Gasteiger partial charge in [-0.15, -0.1) is 0 Å². The van der Waals surface area contributed by atoms with Crippen LogP contribution >= 0.6 is 0 Å². The Morgan fingerprint density at radius 2 is 2.28 bits per heavy atom. The number of rotatable bonds is 4. The zero-order valence-corrected chi connectivity index (χ0v) is 9.98. The fraction of sp³-hybridized carbons (Fsp3) is 0.273. The minimum absolute atomic E-state index is 0.00149. The summed E-state index contributed by atoms with van der Waals surface area (Å²) in [4.78, 5) is 11.5. The molecule has 0 bridgehead atoms. The van der Waals surface area contributed by atoms with Crippen LogP contribution in [0.2, 0.25) is 0 Å². The fourth-order valence-corrected chi connectivity index (χ4v) is 1.17. The third-order valence-electron chi connectivity index (χ3n) is 2.35. The summed E-state index contributed by atoms with van der Waals surface area (Å²) in [5.41, 5.74) is 5.52. The van der Waals surface area contributed by atoms with Gasteiger partial charge >= 0.3 is 0 Å². The molecule has 0 aliphatic carbocycles. The minimum Gasteiger partial charge on any atom is -0.409 e. The summed E-state index contributed by atoms with van der Waals surface area (Å²) in [6.07, 6.45) is -0.687. The van der Waals surface area contributed by atoms with Gasteiger partial charge < -0.3 is 21.0 Å². The van der Waals surface area contributed by atoms with E-state index in [1.54, 1.807) is 0 Å². The molecule has 1 unspecified atom stereocenters. The van der Waals surface area contributed by atoms with Crippen molar-refractivity contribution >= 4 is 17.4 Å². The van der Waals surface area contributed by atoms with Gasteiger partial charge in [-0.3, -0.25) is 4.79 Å². The molecule has 18 heavy (non-hydrogen) atoms. The van der Waals surface area contributed by atoms with E-state index in [1.165, 1.54) is 26.2 Å². The molecule has 1 rings (SSSR count). The predicted molar refractivity (Wildman–Crippen MR) is 64.0 cm³/mol. The molecule has 0 aliphatic rings. The topological polar surface area (TPSA) is 96.9 Å². The standard InChI is InChI=1S/C11H14FN3O3/c1-6(18-2)11(16)14-9-4-3-7(5-8(9)12)10(13)15-17/h3-6,17H,1-2H3,(H2,13,15)(H,14,16). The Morgan fingerprint density at radius 1 is 1.61 bits per heavy atom. The molecule has 1 aromatic rings. The number of oxime groups is 1. The molecule has 7 heteroatoms. The first kappa shape index (κ1) is 13.9. The number of nitrogens with two attached hydrogens (primary N) is 1. The van der Waals surface area contributed by atoms with Crippen LogP contribution < -0.4 is 11.1 Å². The van der Waals surface area contributed by atoms with Crippen molar-refractivity contribution < 1.29 is 19.1 Å². The third kappa shape index (κ3) is 3.17. The highest BCUT2D eigenvalue weighted by Crippen LogP contribution is 2.16. The lowest BCUT2D eigenvalue weighted by molar-refractivity contribution is -0.124. The van der Waals surface area contributed by atoms with Crippen LogP contribution in [0.15, 0.2) is 23.4 Å². The number of hydrogen-bond donors (Lipinski definition) is 3. The summed E-state index contributed by atoms with van der Waals surface area (Å²) in [6.45, 7) is 1.54. The maximum atomic E-state index is 13.6. The summed E-state index contributed by atoms with van der Waals surface area (Å²) in [7, 11) is 1.38. The minimum atomic E-state index is -0.687. The molecule has 4 N–H and O–H groups in total. The van der Waals surface area contributed by atoms with Crippen LogP contribution in [0.5, 0.6) is 0 Å². The molecule has 98 valence electrons. The smallest absolute Gasteiger partial charge is 0.253 e. The number of benzene rings is 1. The van der Waals surface area contributed by atoms with Crippen molar-refractivity contribution in [1.82, 2.24) is 0 Å². The second-order valence-electron chi connectivity index (χ2n) is 3.55. The molecule has 1 atom stereocenters. The number of amides is 1. The molecule has 0 aromatic heterocycles. The molecule has 1 amide bonds. The van der Waals surface area contributed by atoms with Gasteiger partial charge in [-0.1, -0.05) is 5.16 Å². The summed E-state index contributed by atoms with van der Waals surface area (Å²) >= 11 is 0. The van der Waals surface area contributed by atoms with E-state index in [2.05, 4.69) is 10.5 Å². The van der Waals surface area contributed by atoms with E-state index < -0.39 is 17.8 Å². The van der Waals surface area contributed by atoms with Gasteiger partial charge in [0.1, 0.15) is 11.9 Å². The number of carbonyl (C=O) groups is 1. The number of amidine groups is 1. The highest BCUT2D eigenvalue weighted by molar-refractivity contribution is 5.98. The lowest BCUT2D eigenvalue weighted by Gasteiger charge is -2.11. The Morgan fingerprint density at radius 3 is 2.78 bits per heavy atom. The van der Waals surface area contributed by atoms with Crippen molar-refractivity contribution in [2.75, 3.05) is 12.4 Å². The molecule has 0 saturated heterocycles. The zero-order chi connectivity index (χ0) is 13.7. The Labute approximate surface area is 103 Å². The molecule has 0 radical (unpaired) electrons. The fourth-order valence-electron chi connectivity index (χ4n) is 1.17. The van der Waals surface area contributed by atoms with Crippen molar-refractivity contribution in [3.8, 4) is 0 Å². The monoisotopic (exact) mass is 255 g/mol. The first-order valence-electron chi connectivity index (χ1n) is 5.10. The van der Waals surface area contributed by atoms with E-state index in [-0.39, 0.29) is 17.1 Å². The van der Waals surface area contributed by atoms with Gasteiger partial charge in [0.15, 0.2) is 5.84 Å². The molecule has 0 fully saturated rings. The number of carbonyl (C=O) groups excluding carboxylic acids is 1. The second-order valence-corrected chi connectivity index (χ2v) is 3.55. The zero-order valence-electron chi connectivity index (χ0n) is 9.98. The second kappa shape index (κ2) is 5.97. The van der Waals surface area contributed by atoms with E-state index in [0.29, 0.717) is 0 Å². The maximum Gasteiger partial charge on any atom is 0.253 e. The number of halogens is 1. The first-order valence-corrected chi connectivity index (χ1v) is 5.10. The summed E-state index contributed by atoms with van der Waals surface area (Å²) in [6, 6.07) is 3.80. The number of ether oxygens (including phenoxy) is 1. The Bertz CT molecular complexity index is 477. The summed E-state index contributed by atoms with van der Waals surface area (Å²) < 4.78 is 18.4. The van der Waals surface area contributed by atoms with E-state index in [9.17, 15) is 9.18 Å². The van der Waals surface area contributed by atoms with Gasteiger partial charge in [0.25, 0.3) is 5.91 Å². The molecule has 0 aliphatic heterocycles. The van der Waals surface area contributed by atoms with Crippen molar-refractivity contribution in [3.63, 3.8) is 0 Å². The molecular formula is C11H14FN3O3. The Hall–Kier alpha value is -2.15. The van der Waals surface area contributed by atoms with Gasteiger partial charge in [0.05, 0.1) is 5.69 Å². The van der Waals surface area contributed by atoms with Crippen molar-refractivity contribution in [2.45, 2.75) is 13.0 Å². The highest BCUT2D eigenvalue weighted by Gasteiger charge is 2.14. The summed E-state index contributed by atoms with van der Waals surface area (Å²) in [5, 5.41) is 13.6. The Balaban J connectivity index is 2.90. The van der Waals surface area contributed by atoms with Crippen LogP contribution in [0.4, 0.5) is 10.1 Å². The quantitative estimate of drug-likeness (QED) is 0.322. The highest BCUT2D eigenvalue weighted by atomic mass is 19.1. The number of nitrogens with one attached hydrogen (secondary N) is 1. The van der Waals surface area contributed by atoms with Crippen LogP contribution in [0.3, 0.4) is 0 Å². The number of methoxy groups -OCH3 is 1. The first-order chi connectivity index (χ1) is 8.49. The van der Waals surface area contributed by atoms with Gasteiger partial charge in [0.2, 0.25) is 0 Å². The third-order valence-corrected chi connectivity index (χ3v) is 2.35. The van der Waals surface area contributed by atoms with Crippen molar-refractivity contribution in [3.05, 3.63) is 29.6 Å². The number of hydrogen-bond acceptors (Lipinski definition) is 4. The SMILES string of the molecule is COC(C)C(=O)Nc1ccc(/C(N)=N/O)cc1F. The van der Waals surface area contributed by atoms with Gasteiger partial charge in [-0.25, -0.2) is 4.39 Å². The largest absolute Gasteiger partial charge is 0.409 e. The Kier molecular flexibility index (Phi) is 4.61. The normalized spacial score (nSPS) is 13.2. The van der Waals surface area contributed by atoms with E-state index in [1.807, 2.05) is 0 Å². The number of nitrogens with zero attached hydrogens (tertiary/aromatic N) is 1. The maximum absolute atomic E-state index is 13.6. The predicted octanol–water partition coefficient (Wildman–Crippen LogP) is 0.894. The molecule has 0 spiro atoms. The molecule has 6 nitrogen and oxygen atoms in total. The van der Waals surface area contributed by atoms with Gasteiger partial charge in [-0.05, 0) is 25.1 Å². The van der Waals surface area contributed by atoms with Crippen LogP contribution in [0.1, 0.15) is 12.5 Å². The number of anilines is 1. The van der Waals surface area contributed by atoms with E-state index >= 15 is 0 Å². The average Bonchev–Trinajstić information content (AvgIpc) is 2.38. The van der Waals surface area contributed by atoms with Crippen molar-refractivity contribution in [1.29, 1.82) is 0 Å². The lowest BCUT2D eigenvalue weighted by Crippen LogP contribution is -2.27. The molecule has 0 saturated carbocycles. The van der Waals surface area contributed by atoms with Gasteiger partial charge in [0, 0.05) is 12.7 Å². The van der Waals surface area contributed by atoms with Crippen LogP contribution in [0, 0.1) is 5.82 Å². The average molecular weight is 255 g/mol.